The smallest absolute Gasteiger partial charge is 0.413 e. The first kappa shape index (κ1) is 31.3. The highest BCUT2D eigenvalue weighted by Gasteiger charge is 2.19. The number of rotatable bonds is 15. The highest BCUT2D eigenvalue weighted by Crippen LogP contribution is 2.31. The fraction of sp³-hybridized carbons (Fsp3) is 0.294. The number of aliphatic hydroxyl groups is 1. The second-order valence-electron chi connectivity index (χ2n) is 10.2. The molecule has 0 saturated heterocycles. The normalized spacial score (nSPS) is 12.3. The van der Waals surface area contributed by atoms with E-state index in [1.807, 2.05) is 54.6 Å². The maximum absolute atomic E-state index is 12.0. The number of aromatic nitrogens is 1. The zero-order chi connectivity index (χ0) is 30.4. The molecule has 0 bridgehead atoms. The van der Waals surface area contributed by atoms with Gasteiger partial charge in [0.1, 0.15) is 42.4 Å². The van der Waals surface area contributed by atoms with Gasteiger partial charge in [0.25, 0.3) is 0 Å². The van der Waals surface area contributed by atoms with Crippen molar-refractivity contribution in [1.82, 2.24) is 10.3 Å². The number of aliphatic hydroxyl groups excluding tert-OH is 1. The topological polar surface area (TPSA) is 111 Å². The number of anilines is 1. The molecule has 1 amide bonds. The molecule has 0 unspecified atom stereocenters. The molecule has 0 fully saturated rings. The molecule has 0 radical (unpaired) electrons. The summed E-state index contributed by atoms with van der Waals surface area (Å²) in [6.45, 7) is 2.73. The number of nitrogens with one attached hydrogen (secondary N) is 2. The number of hydrogen-bond acceptors (Lipinski definition) is 8. The number of pyridine rings is 1. The number of amides is 1. The van der Waals surface area contributed by atoms with Gasteiger partial charge in [-0.3, -0.25) is 5.32 Å². The van der Waals surface area contributed by atoms with Crippen LogP contribution in [0, 0.1) is 0 Å². The van der Waals surface area contributed by atoms with Crippen LogP contribution < -0.4 is 24.8 Å². The third-order valence-electron chi connectivity index (χ3n) is 6.95. The van der Waals surface area contributed by atoms with Crippen molar-refractivity contribution in [2.75, 3.05) is 32.7 Å². The van der Waals surface area contributed by atoms with Crippen LogP contribution >= 0.6 is 0 Å². The Hall–Kier alpha value is -4.60. The van der Waals surface area contributed by atoms with Gasteiger partial charge in [-0.15, -0.1) is 0 Å². The second-order valence-corrected chi connectivity index (χ2v) is 10.2. The number of carbonyl (C=O) groups excluding carboxylic acids is 1. The average molecular weight is 586 g/mol. The molecule has 4 aromatic rings. The zero-order valence-corrected chi connectivity index (χ0v) is 24.7. The molecule has 1 heterocycles. The van der Waals surface area contributed by atoms with Gasteiger partial charge >= 0.3 is 6.09 Å². The Morgan fingerprint density at radius 1 is 0.837 bits per heavy atom. The molecule has 0 aliphatic rings. The van der Waals surface area contributed by atoms with Crippen LogP contribution in [-0.4, -0.2) is 55.7 Å². The summed E-state index contributed by atoms with van der Waals surface area (Å²) < 4.78 is 21.6. The van der Waals surface area contributed by atoms with E-state index in [1.54, 1.807) is 26.4 Å². The Bertz CT molecular complexity index is 1340. The summed E-state index contributed by atoms with van der Waals surface area (Å²) in [5.41, 5.74) is 3.25. The third-order valence-corrected chi connectivity index (χ3v) is 6.95. The van der Waals surface area contributed by atoms with Crippen LogP contribution in [0.5, 0.6) is 17.2 Å². The van der Waals surface area contributed by atoms with Gasteiger partial charge in [-0.1, -0.05) is 54.6 Å². The van der Waals surface area contributed by atoms with E-state index < -0.39 is 12.2 Å². The fourth-order valence-electron chi connectivity index (χ4n) is 4.57. The molecule has 3 N–H and O–H groups in total. The zero-order valence-electron chi connectivity index (χ0n) is 24.7. The monoisotopic (exact) mass is 585 g/mol. The first-order valence-electron chi connectivity index (χ1n) is 14.2. The molecule has 9 nitrogen and oxygen atoms in total. The molecule has 1 aromatic heterocycles. The predicted octanol–water partition coefficient (Wildman–Crippen LogP) is 5.79. The van der Waals surface area contributed by atoms with Crippen molar-refractivity contribution in [2.45, 2.75) is 38.0 Å². The van der Waals surface area contributed by atoms with E-state index in [1.165, 1.54) is 17.3 Å². The summed E-state index contributed by atoms with van der Waals surface area (Å²) in [6, 6.07) is 29.1. The molecule has 0 saturated carbocycles. The number of methoxy groups -OCH3 is 2. The SMILES string of the molecule is COc1ccc(C(C[C@@H](C)NC[C@@H](O)COc2ccc(NC(=O)OCc3ccccc3)nc2)c2ccc(OC)cc2)cc1. The molecule has 0 aliphatic carbocycles. The lowest BCUT2D eigenvalue weighted by Gasteiger charge is -2.24. The summed E-state index contributed by atoms with van der Waals surface area (Å²) in [6.07, 6.45) is 0.984. The number of nitrogens with zero attached hydrogens (tertiary/aromatic N) is 1. The van der Waals surface area contributed by atoms with E-state index in [0.717, 1.165) is 23.5 Å². The first-order valence-corrected chi connectivity index (χ1v) is 14.2. The van der Waals surface area contributed by atoms with E-state index in [2.05, 4.69) is 46.8 Å². The average Bonchev–Trinajstić information content (AvgIpc) is 3.05. The van der Waals surface area contributed by atoms with Crippen LogP contribution in [0.15, 0.2) is 97.2 Å². The lowest BCUT2D eigenvalue weighted by molar-refractivity contribution is 0.103. The van der Waals surface area contributed by atoms with Crippen LogP contribution in [0.25, 0.3) is 0 Å². The van der Waals surface area contributed by atoms with Crippen molar-refractivity contribution in [1.29, 1.82) is 0 Å². The minimum absolute atomic E-state index is 0.0910. The highest BCUT2D eigenvalue weighted by atomic mass is 16.5. The molecular weight excluding hydrogens is 546 g/mol. The Labute approximate surface area is 252 Å². The van der Waals surface area contributed by atoms with Crippen LogP contribution in [0.3, 0.4) is 0 Å². The van der Waals surface area contributed by atoms with E-state index >= 15 is 0 Å². The van der Waals surface area contributed by atoms with Crippen molar-refractivity contribution >= 4 is 11.9 Å². The van der Waals surface area contributed by atoms with Gasteiger partial charge in [-0.2, -0.15) is 0 Å². The minimum atomic E-state index is -0.728. The van der Waals surface area contributed by atoms with Gasteiger partial charge in [-0.25, -0.2) is 9.78 Å². The number of carbonyl (C=O) groups is 1. The fourth-order valence-corrected chi connectivity index (χ4v) is 4.57. The minimum Gasteiger partial charge on any atom is -0.497 e. The molecule has 43 heavy (non-hydrogen) atoms. The van der Waals surface area contributed by atoms with Crippen molar-refractivity contribution in [3.05, 3.63) is 114 Å². The van der Waals surface area contributed by atoms with Crippen LogP contribution in [0.2, 0.25) is 0 Å². The number of benzene rings is 3. The summed E-state index contributed by atoms with van der Waals surface area (Å²) in [7, 11) is 3.32. The summed E-state index contributed by atoms with van der Waals surface area (Å²) in [5, 5.41) is 16.6. The van der Waals surface area contributed by atoms with E-state index in [9.17, 15) is 9.90 Å². The highest BCUT2D eigenvalue weighted by molar-refractivity contribution is 5.83. The maximum Gasteiger partial charge on any atom is 0.413 e. The third kappa shape index (κ3) is 10.0. The Morgan fingerprint density at radius 2 is 1.44 bits per heavy atom. The molecule has 0 aliphatic heterocycles. The van der Waals surface area contributed by atoms with Crippen LogP contribution in [0.4, 0.5) is 10.6 Å². The van der Waals surface area contributed by atoms with E-state index in [-0.39, 0.29) is 25.2 Å². The number of ether oxygens (including phenoxy) is 4. The van der Waals surface area contributed by atoms with Gasteiger partial charge in [0.15, 0.2) is 0 Å². The summed E-state index contributed by atoms with van der Waals surface area (Å²) in [4.78, 5) is 16.2. The van der Waals surface area contributed by atoms with Gasteiger partial charge in [0.05, 0.1) is 20.4 Å². The molecular formula is C34H39N3O6. The maximum atomic E-state index is 12.0. The Balaban J connectivity index is 1.23. The van der Waals surface area contributed by atoms with E-state index in [4.69, 9.17) is 18.9 Å². The summed E-state index contributed by atoms with van der Waals surface area (Å²) >= 11 is 0. The van der Waals surface area contributed by atoms with Crippen LogP contribution in [0.1, 0.15) is 36.0 Å². The van der Waals surface area contributed by atoms with Crippen molar-refractivity contribution < 1.29 is 28.8 Å². The Morgan fingerprint density at radius 3 is 2.00 bits per heavy atom. The second kappa shape index (κ2) is 16.1. The van der Waals surface area contributed by atoms with Gasteiger partial charge in [0.2, 0.25) is 0 Å². The molecule has 0 spiro atoms. The van der Waals surface area contributed by atoms with E-state index in [0.29, 0.717) is 18.1 Å². The summed E-state index contributed by atoms with van der Waals surface area (Å²) in [5.74, 6) is 2.59. The number of hydrogen-bond donors (Lipinski definition) is 3. The van der Waals surface area contributed by atoms with Crippen molar-refractivity contribution in [2.24, 2.45) is 0 Å². The largest absolute Gasteiger partial charge is 0.497 e. The first-order chi connectivity index (χ1) is 20.9. The Kier molecular flexibility index (Phi) is 11.8. The lowest BCUT2D eigenvalue weighted by Crippen LogP contribution is -2.37. The van der Waals surface area contributed by atoms with Crippen molar-refractivity contribution in [3.63, 3.8) is 0 Å². The molecule has 2 atom stereocenters. The molecule has 226 valence electrons. The van der Waals surface area contributed by atoms with Crippen molar-refractivity contribution in [3.8, 4) is 17.2 Å². The standard InChI is InChI=1S/C34H39N3O6/c1-24(19-32(26-9-13-29(40-2)14-10-26)27-11-15-30(41-3)16-12-27)35-20-28(38)23-42-31-17-18-33(36-21-31)37-34(39)43-22-25-7-5-4-6-8-25/h4-18,21,24,28,32,35,38H,19-20,22-23H2,1-3H3,(H,36,37,39)/t24-,28-/m1/s1. The van der Waals surface area contributed by atoms with Crippen LogP contribution in [-0.2, 0) is 11.3 Å². The quantitative estimate of drug-likeness (QED) is 0.161. The lowest BCUT2D eigenvalue weighted by atomic mass is 9.86. The molecule has 3 aromatic carbocycles. The predicted molar refractivity (Wildman–Crippen MR) is 166 cm³/mol. The molecule has 9 heteroatoms. The molecule has 4 rings (SSSR count). The van der Waals surface area contributed by atoms with Gasteiger partial charge < -0.3 is 29.4 Å². The van der Waals surface area contributed by atoms with Gasteiger partial charge in [-0.05, 0) is 66.4 Å². The van der Waals surface area contributed by atoms with Gasteiger partial charge in [0, 0.05) is 18.5 Å².